The smallest absolute Gasteiger partial charge is 0.119 e. The van der Waals surface area contributed by atoms with Crippen LogP contribution in [0.25, 0.3) is 0 Å². The van der Waals surface area contributed by atoms with Crippen molar-refractivity contribution in [3.63, 3.8) is 0 Å². The minimum absolute atomic E-state index is 0.158. The van der Waals surface area contributed by atoms with E-state index in [1.54, 1.807) is 0 Å². The van der Waals surface area contributed by atoms with E-state index >= 15 is 0 Å². The van der Waals surface area contributed by atoms with Gasteiger partial charge in [0.1, 0.15) is 5.75 Å². The second-order valence-corrected chi connectivity index (χ2v) is 7.08. The Labute approximate surface area is 134 Å². The molecule has 1 N–H and O–H groups in total. The molecule has 0 unspecified atom stereocenters. The molecule has 0 atom stereocenters. The van der Waals surface area contributed by atoms with Gasteiger partial charge in [0.25, 0.3) is 0 Å². The highest BCUT2D eigenvalue weighted by atomic mass is 16.5. The van der Waals surface area contributed by atoms with Crippen LogP contribution in [-0.4, -0.2) is 61.0 Å². The zero-order valence-electron chi connectivity index (χ0n) is 14.2. The fraction of sp³-hybridized carbons (Fsp3) is 0.667. The first-order valence-electron chi connectivity index (χ1n) is 8.28. The van der Waals surface area contributed by atoms with Crippen molar-refractivity contribution in [3.05, 3.63) is 29.8 Å². The third-order valence-electron chi connectivity index (χ3n) is 4.25. The standard InChI is InChI=1S/C18H30N2O2/c1-18(2,3)16-6-4-7-17(14-16)22-13-5-8-19-9-11-20(15-21)12-10-19/h4,6-7,14,21H,5,8-13,15H2,1-3H3. The monoisotopic (exact) mass is 306 g/mol. The molecular weight excluding hydrogens is 276 g/mol. The third-order valence-corrected chi connectivity index (χ3v) is 4.25. The lowest BCUT2D eigenvalue weighted by atomic mass is 9.87. The lowest BCUT2D eigenvalue weighted by Crippen LogP contribution is -2.46. The van der Waals surface area contributed by atoms with Gasteiger partial charge in [-0.15, -0.1) is 0 Å². The molecule has 1 aliphatic heterocycles. The van der Waals surface area contributed by atoms with Gasteiger partial charge in [0.15, 0.2) is 0 Å². The highest BCUT2D eigenvalue weighted by Gasteiger charge is 2.16. The Balaban J connectivity index is 1.69. The maximum atomic E-state index is 9.08. The van der Waals surface area contributed by atoms with Gasteiger partial charge in [0, 0.05) is 32.7 Å². The molecule has 0 aromatic heterocycles. The van der Waals surface area contributed by atoms with E-state index in [0.717, 1.165) is 51.5 Å². The van der Waals surface area contributed by atoms with Crippen LogP contribution in [-0.2, 0) is 5.41 Å². The summed E-state index contributed by atoms with van der Waals surface area (Å²) in [7, 11) is 0. The number of aliphatic hydroxyl groups excluding tert-OH is 1. The van der Waals surface area contributed by atoms with Crippen LogP contribution in [0.3, 0.4) is 0 Å². The molecule has 1 saturated heterocycles. The van der Waals surface area contributed by atoms with Gasteiger partial charge < -0.3 is 14.7 Å². The van der Waals surface area contributed by atoms with Gasteiger partial charge in [0.2, 0.25) is 0 Å². The molecule has 1 aromatic rings. The first kappa shape index (κ1) is 17.3. The molecule has 1 aromatic carbocycles. The first-order valence-corrected chi connectivity index (χ1v) is 8.28. The van der Waals surface area contributed by atoms with E-state index in [9.17, 15) is 0 Å². The Morgan fingerprint density at radius 2 is 1.77 bits per heavy atom. The highest BCUT2D eigenvalue weighted by molar-refractivity contribution is 5.32. The summed E-state index contributed by atoms with van der Waals surface area (Å²) in [4.78, 5) is 4.52. The zero-order chi connectivity index (χ0) is 16.0. The Hall–Kier alpha value is -1.10. The second kappa shape index (κ2) is 7.95. The summed E-state index contributed by atoms with van der Waals surface area (Å²) in [5.74, 6) is 0.970. The minimum atomic E-state index is 0.158. The molecule has 1 aliphatic rings. The van der Waals surface area contributed by atoms with E-state index in [1.807, 2.05) is 6.07 Å². The SMILES string of the molecule is CC(C)(C)c1cccc(OCCCN2CCN(CO)CC2)c1. The molecule has 1 heterocycles. The van der Waals surface area contributed by atoms with E-state index < -0.39 is 0 Å². The predicted octanol–water partition coefficient (Wildman–Crippen LogP) is 2.32. The molecule has 0 spiro atoms. The molecule has 22 heavy (non-hydrogen) atoms. The van der Waals surface area contributed by atoms with Crippen molar-refractivity contribution in [2.24, 2.45) is 0 Å². The average molecular weight is 306 g/mol. The fourth-order valence-corrected chi connectivity index (χ4v) is 2.68. The third kappa shape index (κ3) is 5.27. The van der Waals surface area contributed by atoms with Crippen LogP contribution in [0.4, 0.5) is 0 Å². The number of aliphatic hydroxyl groups is 1. The maximum Gasteiger partial charge on any atom is 0.119 e. The van der Waals surface area contributed by atoms with E-state index in [2.05, 4.69) is 48.8 Å². The summed E-state index contributed by atoms with van der Waals surface area (Å²) < 4.78 is 5.90. The maximum absolute atomic E-state index is 9.08. The zero-order valence-corrected chi connectivity index (χ0v) is 14.2. The lowest BCUT2D eigenvalue weighted by Gasteiger charge is -2.33. The number of hydrogen-bond acceptors (Lipinski definition) is 4. The molecular formula is C18H30N2O2. The summed E-state index contributed by atoms with van der Waals surface area (Å²) in [6.45, 7) is 12.7. The fourth-order valence-electron chi connectivity index (χ4n) is 2.68. The predicted molar refractivity (Wildman–Crippen MR) is 90.4 cm³/mol. The van der Waals surface area contributed by atoms with Gasteiger partial charge in [-0.3, -0.25) is 4.90 Å². The van der Waals surface area contributed by atoms with Crippen LogP contribution < -0.4 is 4.74 Å². The number of benzene rings is 1. The van der Waals surface area contributed by atoms with E-state index in [0.29, 0.717) is 0 Å². The topological polar surface area (TPSA) is 35.9 Å². The minimum Gasteiger partial charge on any atom is -0.494 e. The van der Waals surface area contributed by atoms with Gasteiger partial charge >= 0.3 is 0 Å². The van der Waals surface area contributed by atoms with Crippen molar-refractivity contribution in [1.29, 1.82) is 0 Å². The second-order valence-electron chi connectivity index (χ2n) is 7.08. The van der Waals surface area contributed by atoms with Crippen molar-refractivity contribution >= 4 is 0 Å². The molecule has 0 saturated carbocycles. The Morgan fingerprint density at radius 3 is 2.41 bits per heavy atom. The van der Waals surface area contributed by atoms with Gasteiger partial charge in [-0.2, -0.15) is 0 Å². The molecule has 0 radical (unpaired) electrons. The number of rotatable bonds is 6. The van der Waals surface area contributed by atoms with Crippen molar-refractivity contribution in [3.8, 4) is 5.75 Å². The molecule has 124 valence electrons. The van der Waals surface area contributed by atoms with E-state index in [-0.39, 0.29) is 12.1 Å². The lowest BCUT2D eigenvalue weighted by molar-refractivity contribution is 0.0527. The average Bonchev–Trinajstić information content (AvgIpc) is 2.52. The molecule has 0 bridgehead atoms. The van der Waals surface area contributed by atoms with E-state index in [4.69, 9.17) is 9.84 Å². The van der Waals surface area contributed by atoms with Crippen molar-refractivity contribution < 1.29 is 9.84 Å². The van der Waals surface area contributed by atoms with Crippen LogP contribution in [0, 0.1) is 0 Å². The molecule has 4 nitrogen and oxygen atoms in total. The van der Waals surface area contributed by atoms with Crippen LogP contribution in [0.2, 0.25) is 0 Å². The van der Waals surface area contributed by atoms with E-state index in [1.165, 1.54) is 5.56 Å². The molecule has 1 fully saturated rings. The largest absolute Gasteiger partial charge is 0.494 e. The Morgan fingerprint density at radius 1 is 1.09 bits per heavy atom. The van der Waals surface area contributed by atoms with Crippen molar-refractivity contribution in [2.45, 2.75) is 32.6 Å². The Kier molecular flexibility index (Phi) is 6.24. The van der Waals surface area contributed by atoms with Gasteiger partial charge in [0.05, 0.1) is 13.3 Å². The van der Waals surface area contributed by atoms with Crippen molar-refractivity contribution in [2.75, 3.05) is 46.1 Å². The van der Waals surface area contributed by atoms with Gasteiger partial charge in [-0.25, -0.2) is 0 Å². The van der Waals surface area contributed by atoms with Gasteiger partial charge in [-0.1, -0.05) is 32.9 Å². The van der Waals surface area contributed by atoms with Crippen molar-refractivity contribution in [1.82, 2.24) is 9.80 Å². The normalized spacial score (nSPS) is 17.6. The number of hydrogen-bond donors (Lipinski definition) is 1. The van der Waals surface area contributed by atoms with Crippen LogP contribution in [0.15, 0.2) is 24.3 Å². The van der Waals surface area contributed by atoms with Crippen LogP contribution in [0.1, 0.15) is 32.8 Å². The summed E-state index contributed by atoms with van der Waals surface area (Å²) >= 11 is 0. The number of ether oxygens (including phenoxy) is 1. The van der Waals surface area contributed by atoms with Gasteiger partial charge in [-0.05, 0) is 29.5 Å². The molecule has 0 aliphatic carbocycles. The molecule has 2 rings (SSSR count). The molecule has 0 amide bonds. The summed E-state index contributed by atoms with van der Waals surface area (Å²) in [5.41, 5.74) is 1.47. The number of piperazine rings is 1. The summed E-state index contributed by atoms with van der Waals surface area (Å²) in [6.07, 6.45) is 1.04. The van der Waals surface area contributed by atoms with Crippen LogP contribution in [0.5, 0.6) is 5.75 Å². The summed E-state index contributed by atoms with van der Waals surface area (Å²) in [6, 6.07) is 8.42. The summed E-state index contributed by atoms with van der Waals surface area (Å²) in [5, 5.41) is 9.08. The first-order chi connectivity index (χ1) is 10.5. The quantitative estimate of drug-likeness (QED) is 0.818. The van der Waals surface area contributed by atoms with Crippen LogP contribution >= 0.6 is 0 Å². The Bertz CT molecular complexity index is 449. The highest BCUT2D eigenvalue weighted by Crippen LogP contribution is 2.25. The molecule has 4 heteroatoms. The number of nitrogens with zero attached hydrogens (tertiary/aromatic N) is 2.